The maximum atomic E-state index is 13.0. The number of nitrogens with one attached hydrogen (secondary N) is 1. The maximum absolute atomic E-state index is 13.0. The molecule has 1 amide bonds. The van der Waals surface area contributed by atoms with Crippen LogP contribution in [0.3, 0.4) is 0 Å². The van der Waals surface area contributed by atoms with E-state index in [1.807, 2.05) is 0 Å². The highest BCUT2D eigenvalue weighted by molar-refractivity contribution is 5.86. The van der Waals surface area contributed by atoms with Gasteiger partial charge in [-0.05, 0) is 50.6 Å². The van der Waals surface area contributed by atoms with Crippen molar-refractivity contribution in [2.45, 2.75) is 31.8 Å². The van der Waals surface area contributed by atoms with Gasteiger partial charge in [0.25, 0.3) is 0 Å². The molecule has 1 aliphatic rings. The first kappa shape index (κ1) is 13.8. The average Bonchev–Trinajstić information content (AvgIpc) is 2.52. The molecule has 19 heavy (non-hydrogen) atoms. The summed E-state index contributed by atoms with van der Waals surface area (Å²) in [4.78, 5) is 14.2. The summed E-state index contributed by atoms with van der Waals surface area (Å²) in [5.41, 5.74) is 6.48. The van der Waals surface area contributed by atoms with Gasteiger partial charge in [-0.25, -0.2) is 4.39 Å². The fraction of sp³-hybridized carbons (Fsp3) is 0.500. The molecule has 1 aromatic carbocycles. The first-order valence-corrected chi connectivity index (χ1v) is 6.65. The molecule has 0 aromatic heterocycles. The molecule has 1 fully saturated rings. The number of halogens is 1. The number of anilines is 1. The number of carbonyl (C=O) groups excluding carboxylic acids is 1. The molecule has 104 valence electrons. The lowest BCUT2D eigenvalue weighted by atomic mass is 10.1. The fourth-order valence-electron chi connectivity index (χ4n) is 2.57. The van der Waals surface area contributed by atoms with Crippen LogP contribution in [-0.2, 0) is 4.79 Å². The van der Waals surface area contributed by atoms with E-state index in [1.54, 1.807) is 12.1 Å². The van der Waals surface area contributed by atoms with Crippen molar-refractivity contribution in [1.29, 1.82) is 0 Å². The van der Waals surface area contributed by atoms with Crippen molar-refractivity contribution in [3.8, 4) is 0 Å². The molecule has 1 aromatic rings. The predicted octanol–water partition coefficient (Wildman–Crippen LogP) is 1.26. The zero-order valence-electron chi connectivity index (χ0n) is 11.1. The van der Waals surface area contributed by atoms with E-state index in [1.165, 1.54) is 12.1 Å². The number of amides is 1. The Morgan fingerprint density at radius 2 is 2.11 bits per heavy atom. The zero-order chi connectivity index (χ0) is 13.8. The third-order valence-corrected chi connectivity index (χ3v) is 3.54. The summed E-state index contributed by atoms with van der Waals surface area (Å²) in [6, 6.07) is 6.20. The summed E-state index contributed by atoms with van der Waals surface area (Å²) >= 11 is 0. The fourth-order valence-corrected chi connectivity index (χ4v) is 2.57. The molecule has 3 N–H and O–H groups in total. The van der Waals surface area contributed by atoms with Crippen molar-refractivity contribution in [3.63, 3.8) is 0 Å². The second kappa shape index (κ2) is 6.02. The molecule has 2 rings (SSSR count). The van der Waals surface area contributed by atoms with Crippen molar-refractivity contribution in [2.75, 3.05) is 18.0 Å². The standard InChI is InChI=1S/C14H20FN3O/c1-10-7-9-17-14(19)13(6-8-16)18(10)12-4-2-11(15)3-5-12/h2-5,10,13H,6-9,16H2,1H3,(H,17,19). The van der Waals surface area contributed by atoms with Gasteiger partial charge in [-0.15, -0.1) is 0 Å². The van der Waals surface area contributed by atoms with Crippen LogP contribution < -0.4 is 16.0 Å². The van der Waals surface area contributed by atoms with E-state index in [-0.39, 0.29) is 23.8 Å². The van der Waals surface area contributed by atoms with Crippen LogP contribution in [0.4, 0.5) is 10.1 Å². The summed E-state index contributed by atoms with van der Waals surface area (Å²) < 4.78 is 13.0. The molecule has 2 atom stereocenters. The van der Waals surface area contributed by atoms with Crippen LogP contribution in [0.1, 0.15) is 19.8 Å². The van der Waals surface area contributed by atoms with Crippen LogP contribution in [0.15, 0.2) is 24.3 Å². The highest BCUT2D eigenvalue weighted by Gasteiger charge is 2.31. The summed E-state index contributed by atoms with van der Waals surface area (Å²) in [6.07, 6.45) is 1.46. The molecule has 5 heteroatoms. The van der Waals surface area contributed by atoms with Gasteiger partial charge in [0.1, 0.15) is 11.9 Å². The lowest BCUT2D eigenvalue weighted by Gasteiger charge is -2.35. The van der Waals surface area contributed by atoms with E-state index in [0.717, 1.165) is 12.1 Å². The lowest BCUT2D eigenvalue weighted by molar-refractivity contribution is -0.122. The number of benzene rings is 1. The molecular weight excluding hydrogens is 245 g/mol. The second-order valence-electron chi connectivity index (χ2n) is 4.91. The number of nitrogens with two attached hydrogens (primary N) is 1. The lowest BCUT2D eigenvalue weighted by Crippen LogP contribution is -2.48. The van der Waals surface area contributed by atoms with Crippen LogP contribution >= 0.6 is 0 Å². The number of hydrogen-bond donors (Lipinski definition) is 2. The molecule has 0 aliphatic carbocycles. The Labute approximate surface area is 112 Å². The number of rotatable bonds is 3. The summed E-state index contributed by atoms with van der Waals surface area (Å²) in [5.74, 6) is -0.273. The minimum atomic E-state index is -0.284. The molecule has 0 saturated carbocycles. The first-order valence-electron chi connectivity index (χ1n) is 6.65. The average molecular weight is 265 g/mol. The Morgan fingerprint density at radius 3 is 2.74 bits per heavy atom. The maximum Gasteiger partial charge on any atom is 0.242 e. The Kier molecular flexibility index (Phi) is 4.37. The van der Waals surface area contributed by atoms with Gasteiger partial charge in [0, 0.05) is 18.3 Å². The smallest absolute Gasteiger partial charge is 0.242 e. The zero-order valence-corrected chi connectivity index (χ0v) is 11.1. The second-order valence-corrected chi connectivity index (χ2v) is 4.91. The van der Waals surface area contributed by atoms with Gasteiger partial charge in [0.2, 0.25) is 5.91 Å². The molecule has 0 spiro atoms. The summed E-state index contributed by atoms with van der Waals surface area (Å²) in [6.45, 7) is 3.19. The van der Waals surface area contributed by atoms with E-state index in [4.69, 9.17) is 5.73 Å². The van der Waals surface area contributed by atoms with Crippen molar-refractivity contribution in [3.05, 3.63) is 30.1 Å². The first-order chi connectivity index (χ1) is 9.13. The number of hydrogen-bond acceptors (Lipinski definition) is 3. The molecule has 1 saturated heterocycles. The van der Waals surface area contributed by atoms with Gasteiger partial charge in [0.05, 0.1) is 0 Å². The van der Waals surface area contributed by atoms with Crippen LogP contribution in [0, 0.1) is 5.82 Å². The highest BCUT2D eigenvalue weighted by atomic mass is 19.1. The molecule has 1 heterocycles. The number of nitrogens with zero attached hydrogens (tertiary/aromatic N) is 1. The summed E-state index contributed by atoms with van der Waals surface area (Å²) in [7, 11) is 0. The molecule has 0 radical (unpaired) electrons. The number of carbonyl (C=O) groups is 1. The molecule has 1 aliphatic heterocycles. The Bertz CT molecular complexity index is 435. The quantitative estimate of drug-likeness (QED) is 0.865. The van der Waals surface area contributed by atoms with E-state index in [0.29, 0.717) is 19.5 Å². The molecule has 0 bridgehead atoms. The third-order valence-electron chi connectivity index (χ3n) is 3.54. The van der Waals surface area contributed by atoms with Crippen molar-refractivity contribution < 1.29 is 9.18 Å². The van der Waals surface area contributed by atoms with Gasteiger partial charge in [-0.3, -0.25) is 4.79 Å². The van der Waals surface area contributed by atoms with E-state index in [9.17, 15) is 9.18 Å². The van der Waals surface area contributed by atoms with Crippen molar-refractivity contribution in [1.82, 2.24) is 5.32 Å². The largest absolute Gasteiger partial charge is 0.357 e. The van der Waals surface area contributed by atoms with E-state index in [2.05, 4.69) is 17.1 Å². The van der Waals surface area contributed by atoms with Crippen LogP contribution in [-0.4, -0.2) is 31.1 Å². The van der Waals surface area contributed by atoms with Gasteiger partial charge < -0.3 is 16.0 Å². The highest BCUT2D eigenvalue weighted by Crippen LogP contribution is 2.24. The Balaban J connectivity index is 2.34. The van der Waals surface area contributed by atoms with Crippen LogP contribution in [0.25, 0.3) is 0 Å². The van der Waals surface area contributed by atoms with Gasteiger partial charge in [-0.2, -0.15) is 0 Å². The Hall–Kier alpha value is -1.62. The topological polar surface area (TPSA) is 58.4 Å². The van der Waals surface area contributed by atoms with Crippen LogP contribution in [0.5, 0.6) is 0 Å². The van der Waals surface area contributed by atoms with Gasteiger partial charge in [0.15, 0.2) is 0 Å². The van der Waals surface area contributed by atoms with Gasteiger partial charge in [-0.1, -0.05) is 0 Å². The minimum absolute atomic E-state index is 0.000810. The van der Waals surface area contributed by atoms with Crippen molar-refractivity contribution in [2.24, 2.45) is 5.73 Å². The monoisotopic (exact) mass is 265 g/mol. The Morgan fingerprint density at radius 1 is 1.42 bits per heavy atom. The molecule has 4 nitrogen and oxygen atoms in total. The summed E-state index contributed by atoms with van der Waals surface area (Å²) in [5, 5.41) is 2.91. The predicted molar refractivity (Wildman–Crippen MR) is 73.4 cm³/mol. The molecular formula is C14H20FN3O. The van der Waals surface area contributed by atoms with Crippen LogP contribution in [0.2, 0.25) is 0 Å². The van der Waals surface area contributed by atoms with Gasteiger partial charge >= 0.3 is 0 Å². The SMILES string of the molecule is CC1CCNC(=O)C(CCN)N1c1ccc(F)cc1. The van der Waals surface area contributed by atoms with E-state index >= 15 is 0 Å². The molecule has 2 unspecified atom stereocenters. The third kappa shape index (κ3) is 3.04. The minimum Gasteiger partial charge on any atom is -0.357 e. The van der Waals surface area contributed by atoms with E-state index < -0.39 is 0 Å². The normalized spacial score (nSPS) is 23.9. The van der Waals surface area contributed by atoms with Crippen molar-refractivity contribution >= 4 is 11.6 Å².